The molecule has 0 bridgehead atoms. The van der Waals surface area contributed by atoms with Gasteiger partial charge in [-0.3, -0.25) is 0 Å². The predicted molar refractivity (Wildman–Crippen MR) is 18.8 cm³/mol. The van der Waals surface area contributed by atoms with Gasteiger partial charge in [-0.25, -0.2) is 0 Å². The van der Waals surface area contributed by atoms with Crippen molar-refractivity contribution in [3.05, 3.63) is 12.5 Å². The summed E-state index contributed by atoms with van der Waals surface area (Å²) in [7, 11) is 1.46. The highest BCUT2D eigenvalue weighted by molar-refractivity contribution is 4.53. The molecule has 0 fully saturated rings. The second-order valence-electron chi connectivity index (χ2n) is 0.521. The fourth-order valence-electron chi connectivity index (χ4n) is 0.0609. The molecule has 0 aromatic rings. The van der Waals surface area contributed by atoms with Gasteiger partial charge < -0.3 is 9.84 Å². The molecule has 0 atom stereocenters. The molecule has 5 heavy (non-hydrogen) atoms. The zero-order valence-electron chi connectivity index (χ0n) is 3.01. The van der Waals surface area contributed by atoms with Crippen molar-refractivity contribution < 1.29 is 9.84 Å². The van der Waals surface area contributed by atoms with Crippen LogP contribution in [-0.2, 0) is 4.74 Å². The van der Waals surface area contributed by atoms with Crippen LogP contribution in [0, 0.1) is 0 Å². The highest BCUT2D eigenvalue weighted by Gasteiger charge is 1.48. The average Bonchev–Trinajstić information content (AvgIpc) is 1.41. The Morgan fingerprint density at radius 1 is 1.80 bits per heavy atom. The summed E-state index contributed by atoms with van der Waals surface area (Å²) < 4.78 is 4.26. The van der Waals surface area contributed by atoms with E-state index in [1.54, 1.807) is 0 Å². The molecule has 0 rings (SSSR count). The molecular weight excluding hydrogens is 68.0 g/mol. The van der Waals surface area contributed by atoms with Crippen LogP contribution in [0.3, 0.4) is 0 Å². The minimum absolute atomic E-state index is 0.833. The smallest absolute Gasteiger partial charge is 0.117 e. The molecule has 0 aliphatic heterocycles. The topological polar surface area (TPSA) is 29.5 Å². The van der Waals surface area contributed by atoms with Gasteiger partial charge in [-0.2, -0.15) is 0 Å². The predicted octanol–water partition coefficient (Wildman–Crippen LogP) is 0.662. The quantitative estimate of drug-likeness (QED) is 0.463. The first-order chi connectivity index (χ1) is 2.41. The van der Waals surface area contributed by atoms with Crippen molar-refractivity contribution in [2.75, 3.05) is 7.11 Å². The molecule has 0 aliphatic rings. The Hall–Kier alpha value is -0.660. The Morgan fingerprint density at radius 2 is 2.40 bits per heavy atom. The van der Waals surface area contributed by atoms with Gasteiger partial charge in [0.05, 0.1) is 7.11 Å². The van der Waals surface area contributed by atoms with E-state index in [1.165, 1.54) is 13.4 Å². The van der Waals surface area contributed by atoms with E-state index in [1.807, 2.05) is 0 Å². The summed E-state index contributed by atoms with van der Waals surface area (Å²) in [6.45, 7) is 0. The molecule has 0 heterocycles. The molecule has 0 radical (unpaired) electrons. The van der Waals surface area contributed by atoms with Crippen LogP contribution < -0.4 is 0 Å². The van der Waals surface area contributed by atoms with Gasteiger partial charge in [-0.15, -0.1) is 0 Å². The van der Waals surface area contributed by atoms with Gasteiger partial charge in [0.2, 0.25) is 0 Å². The first-order valence-corrected chi connectivity index (χ1v) is 1.24. The number of hydrogen-bond donors (Lipinski definition) is 1. The molecule has 1 N–H and O–H groups in total. The summed E-state index contributed by atoms with van der Waals surface area (Å²) in [6, 6.07) is 0. The first kappa shape index (κ1) is 4.34. The Labute approximate surface area is 30.7 Å². The summed E-state index contributed by atoms with van der Waals surface area (Å²) in [5.41, 5.74) is 0. The van der Waals surface area contributed by atoms with Crippen LogP contribution >= 0.6 is 0 Å². The third kappa shape index (κ3) is 3.34. The number of hydrogen-bond acceptors (Lipinski definition) is 2. The maximum Gasteiger partial charge on any atom is 0.117 e. The minimum atomic E-state index is 0.833. The molecule has 0 aromatic carbocycles. The first-order valence-electron chi connectivity index (χ1n) is 1.24. The van der Waals surface area contributed by atoms with Crippen LogP contribution in [0.25, 0.3) is 0 Å². The molecule has 2 nitrogen and oxygen atoms in total. The molecule has 0 unspecified atom stereocenters. The van der Waals surface area contributed by atoms with Crippen molar-refractivity contribution in [1.82, 2.24) is 0 Å². The van der Waals surface area contributed by atoms with E-state index in [9.17, 15) is 0 Å². The zero-order valence-corrected chi connectivity index (χ0v) is 3.01. The minimum Gasteiger partial charge on any atom is -0.512 e. The van der Waals surface area contributed by atoms with Crippen LogP contribution in [0.15, 0.2) is 12.5 Å². The second-order valence-corrected chi connectivity index (χ2v) is 0.521. The maximum absolute atomic E-state index is 7.76. The van der Waals surface area contributed by atoms with Crippen LogP contribution in [0.4, 0.5) is 0 Å². The van der Waals surface area contributed by atoms with Crippen LogP contribution in [-0.4, -0.2) is 12.2 Å². The maximum atomic E-state index is 7.76. The monoisotopic (exact) mass is 74.0 g/mol. The van der Waals surface area contributed by atoms with Crippen molar-refractivity contribution >= 4 is 0 Å². The van der Waals surface area contributed by atoms with Crippen molar-refractivity contribution in [3.8, 4) is 0 Å². The molecule has 0 aromatic heterocycles. The van der Waals surface area contributed by atoms with Crippen molar-refractivity contribution in [2.45, 2.75) is 0 Å². The Bertz CT molecular complexity index is 31.9. The number of aliphatic hydroxyl groups excluding tert-OH is 1. The summed E-state index contributed by atoms with van der Waals surface area (Å²) >= 11 is 0. The second kappa shape index (κ2) is 3.34. The van der Waals surface area contributed by atoms with E-state index in [2.05, 4.69) is 4.74 Å². The van der Waals surface area contributed by atoms with E-state index < -0.39 is 0 Å². The molecule has 0 spiro atoms. The third-order valence-corrected chi connectivity index (χ3v) is 0.197. The molecular formula is C3H6O2. The lowest BCUT2D eigenvalue weighted by Crippen LogP contribution is -1.59. The number of aliphatic hydroxyl groups is 1. The molecule has 2 heteroatoms. The van der Waals surface area contributed by atoms with Crippen molar-refractivity contribution in [3.63, 3.8) is 0 Å². The van der Waals surface area contributed by atoms with E-state index in [0.29, 0.717) is 0 Å². The summed E-state index contributed by atoms with van der Waals surface area (Å²) in [4.78, 5) is 0. The van der Waals surface area contributed by atoms with Crippen LogP contribution in [0.5, 0.6) is 0 Å². The lowest BCUT2D eigenvalue weighted by atomic mass is 11.1. The number of methoxy groups -OCH3 is 1. The standard InChI is InChI=1S/C3H6O2/c1-5-3-2-4/h2-4H,1H3. The van der Waals surface area contributed by atoms with E-state index in [-0.39, 0.29) is 0 Å². The molecule has 30 valence electrons. The van der Waals surface area contributed by atoms with E-state index >= 15 is 0 Å². The van der Waals surface area contributed by atoms with Gasteiger partial charge in [0.25, 0.3) is 0 Å². The van der Waals surface area contributed by atoms with Gasteiger partial charge in [-0.1, -0.05) is 0 Å². The number of rotatable bonds is 1. The van der Waals surface area contributed by atoms with E-state index in [4.69, 9.17) is 5.11 Å². The summed E-state index contributed by atoms with van der Waals surface area (Å²) in [6.07, 6.45) is 2.01. The summed E-state index contributed by atoms with van der Waals surface area (Å²) in [5, 5.41) is 7.76. The third-order valence-electron chi connectivity index (χ3n) is 0.197. The zero-order chi connectivity index (χ0) is 4.12. The molecule has 0 saturated heterocycles. The lowest BCUT2D eigenvalue weighted by molar-refractivity contribution is 0.316. The van der Waals surface area contributed by atoms with Gasteiger partial charge in [0.1, 0.15) is 12.5 Å². The van der Waals surface area contributed by atoms with Gasteiger partial charge in [-0.05, 0) is 0 Å². The van der Waals surface area contributed by atoms with Gasteiger partial charge >= 0.3 is 0 Å². The highest BCUT2D eigenvalue weighted by atomic mass is 16.5. The molecule has 0 amide bonds. The SMILES string of the molecule is COC=CO. The molecule has 0 saturated carbocycles. The van der Waals surface area contributed by atoms with Crippen LogP contribution in [0.2, 0.25) is 0 Å². The Balaban J connectivity index is 2.62. The average molecular weight is 74.1 g/mol. The van der Waals surface area contributed by atoms with Crippen LogP contribution in [0.1, 0.15) is 0 Å². The summed E-state index contributed by atoms with van der Waals surface area (Å²) in [5.74, 6) is 0. The fourth-order valence-corrected chi connectivity index (χ4v) is 0.0609. The Morgan fingerprint density at radius 3 is 2.40 bits per heavy atom. The molecule has 0 aliphatic carbocycles. The van der Waals surface area contributed by atoms with Crippen molar-refractivity contribution in [2.24, 2.45) is 0 Å². The Kier molecular flexibility index (Phi) is 2.90. The van der Waals surface area contributed by atoms with Gasteiger partial charge in [0, 0.05) is 0 Å². The fraction of sp³-hybridized carbons (Fsp3) is 0.333. The number of ether oxygens (including phenoxy) is 1. The normalized spacial score (nSPS) is 9.00. The van der Waals surface area contributed by atoms with Crippen molar-refractivity contribution in [1.29, 1.82) is 0 Å². The largest absolute Gasteiger partial charge is 0.512 e. The highest BCUT2D eigenvalue weighted by Crippen LogP contribution is 1.60. The lowest BCUT2D eigenvalue weighted by Gasteiger charge is -1.76. The van der Waals surface area contributed by atoms with Gasteiger partial charge in [0.15, 0.2) is 0 Å². The van der Waals surface area contributed by atoms with E-state index in [0.717, 1.165) is 6.26 Å².